The molecular weight excluding hydrogens is 840 g/mol. The number of amides is 3. The van der Waals surface area contributed by atoms with Crippen LogP contribution >= 0.6 is 12.1 Å². The van der Waals surface area contributed by atoms with Crippen molar-refractivity contribution in [1.29, 1.82) is 5.26 Å². The van der Waals surface area contributed by atoms with Gasteiger partial charge in [-0.2, -0.15) is 5.26 Å². The lowest BCUT2D eigenvalue weighted by Crippen LogP contribution is -2.50. The van der Waals surface area contributed by atoms with Crippen molar-refractivity contribution in [2.24, 2.45) is 0 Å². The summed E-state index contributed by atoms with van der Waals surface area (Å²) < 4.78 is 64.3. The molecule has 4 aliphatic rings. The number of halogens is 3. The molecule has 63 heavy (non-hydrogen) atoms. The maximum Gasteiger partial charge on any atom is 0.261 e. The van der Waals surface area contributed by atoms with E-state index < -0.39 is 40.9 Å². The molecule has 4 aromatic rings. The van der Waals surface area contributed by atoms with Gasteiger partial charge in [0, 0.05) is 38.2 Å². The minimum Gasteiger partial charge on any atom is -0.453 e. The second-order valence-electron chi connectivity index (χ2n) is 16.5. The highest BCUT2D eigenvalue weighted by Gasteiger charge is 2.44. The maximum atomic E-state index is 15.3. The number of imide groups is 1. The number of aromatic nitrogens is 2. The highest BCUT2D eigenvalue weighted by Crippen LogP contribution is 2.41. The van der Waals surface area contributed by atoms with E-state index in [4.69, 9.17) is 9.47 Å². The molecular formula is C44H48F3N9O6S. The summed E-state index contributed by atoms with van der Waals surface area (Å²) in [4.78, 5) is 59.3. The number of ether oxygens (including phenoxy) is 2. The summed E-state index contributed by atoms with van der Waals surface area (Å²) in [5.41, 5.74) is 0.102. The predicted octanol–water partition coefficient (Wildman–Crippen LogP) is 5.82. The zero-order valence-electron chi connectivity index (χ0n) is 34.9. The SMILES string of the molecule is CCN(C)SNc1ccc(F)c(Oc2ccc3ncn(C4COC5(CCN(C(=O)CN6CCC(c7ccc(NC8CCC(=O)NC8=O)c(F)c7F)CC6)CC5)C4)c(=O)c3c2)c1C#N. The van der Waals surface area contributed by atoms with Crippen LogP contribution in [0.4, 0.5) is 24.5 Å². The number of carbonyl (C=O) groups excluding carboxylic acids is 3. The first-order chi connectivity index (χ1) is 30.3. The number of rotatable bonds is 12. The molecule has 0 saturated carbocycles. The van der Waals surface area contributed by atoms with Gasteiger partial charge in [-0.15, -0.1) is 0 Å². The van der Waals surface area contributed by atoms with Crippen LogP contribution in [0.3, 0.4) is 0 Å². The maximum absolute atomic E-state index is 15.3. The number of carbonyl (C=O) groups is 3. The van der Waals surface area contributed by atoms with Gasteiger partial charge in [0.15, 0.2) is 23.2 Å². The van der Waals surface area contributed by atoms with Crippen LogP contribution in [0.2, 0.25) is 0 Å². The molecule has 2 unspecified atom stereocenters. The van der Waals surface area contributed by atoms with E-state index >= 15 is 13.2 Å². The van der Waals surface area contributed by atoms with E-state index in [0.29, 0.717) is 69.5 Å². The zero-order chi connectivity index (χ0) is 44.4. The summed E-state index contributed by atoms with van der Waals surface area (Å²) in [6, 6.07) is 11.2. The van der Waals surface area contributed by atoms with Crippen LogP contribution in [0.15, 0.2) is 53.6 Å². The summed E-state index contributed by atoms with van der Waals surface area (Å²) in [5.74, 6) is -4.06. The Morgan fingerprint density at radius 1 is 1.05 bits per heavy atom. The van der Waals surface area contributed by atoms with Crippen LogP contribution in [-0.2, 0) is 19.1 Å². The molecule has 4 saturated heterocycles. The van der Waals surface area contributed by atoms with Crippen molar-refractivity contribution in [3.63, 3.8) is 0 Å². The third-order valence-corrected chi connectivity index (χ3v) is 13.5. The fourth-order valence-electron chi connectivity index (χ4n) is 8.82. The van der Waals surface area contributed by atoms with Crippen LogP contribution in [-0.4, -0.2) is 106 Å². The molecule has 5 heterocycles. The van der Waals surface area contributed by atoms with Crippen molar-refractivity contribution in [1.82, 2.24) is 29.0 Å². The fourth-order valence-corrected chi connectivity index (χ4v) is 9.37. The van der Waals surface area contributed by atoms with Crippen molar-refractivity contribution in [2.45, 2.75) is 75.5 Å². The predicted molar refractivity (Wildman–Crippen MR) is 229 cm³/mol. The van der Waals surface area contributed by atoms with Gasteiger partial charge >= 0.3 is 0 Å². The van der Waals surface area contributed by atoms with Crippen LogP contribution in [0, 0.1) is 28.8 Å². The Kier molecular flexibility index (Phi) is 13.0. The monoisotopic (exact) mass is 887 g/mol. The van der Waals surface area contributed by atoms with E-state index in [1.54, 1.807) is 22.8 Å². The second kappa shape index (κ2) is 18.6. The molecule has 19 heteroatoms. The number of hydrogen-bond donors (Lipinski definition) is 3. The summed E-state index contributed by atoms with van der Waals surface area (Å²) in [5, 5.41) is 15.1. The average Bonchev–Trinajstić information content (AvgIpc) is 3.69. The van der Waals surface area contributed by atoms with E-state index in [-0.39, 0.29) is 83.1 Å². The molecule has 2 atom stereocenters. The first-order valence-corrected chi connectivity index (χ1v) is 21.9. The Balaban J connectivity index is 0.842. The van der Waals surface area contributed by atoms with Gasteiger partial charge in [0.05, 0.1) is 53.4 Å². The third kappa shape index (κ3) is 9.35. The lowest BCUT2D eigenvalue weighted by atomic mass is 9.87. The topological polar surface area (TPSA) is 174 Å². The summed E-state index contributed by atoms with van der Waals surface area (Å²) >= 11 is 1.26. The third-order valence-electron chi connectivity index (χ3n) is 12.6. The fraction of sp³-hybridized carbons (Fsp3) is 0.455. The van der Waals surface area contributed by atoms with Gasteiger partial charge < -0.3 is 24.4 Å². The molecule has 0 aliphatic carbocycles. The summed E-state index contributed by atoms with van der Waals surface area (Å²) in [6.45, 7) is 5.26. The Bertz CT molecular complexity index is 2520. The number of nitrogens with zero attached hydrogens (tertiary/aromatic N) is 6. The van der Waals surface area contributed by atoms with Crippen LogP contribution < -0.4 is 25.7 Å². The average molecular weight is 888 g/mol. The van der Waals surface area contributed by atoms with E-state index in [1.807, 2.05) is 34.1 Å². The number of piperidine rings is 3. The van der Waals surface area contributed by atoms with E-state index in [0.717, 1.165) is 6.54 Å². The Morgan fingerprint density at radius 2 is 1.81 bits per heavy atom. The second-order valence-corrected chi connectivity index (χ2v) is 17.6. The smallest absolute Gasteiger partial charge is 0.261 e. The van der Waals surface area contributed by atoms with Crippen LogP contribution in [0.1, 0.15) is 75.0 Å². The zero-order valence-corrected chi connectivity index (χ0v) is 35.7. The number of anilines is 2. The highest BCUT2D eigenvalue weighted by atomic mass is 32.2. The summed E-state index contributed by atoms with van der Waals surface area (Å²) in [7, 11) is 1.87. The Morgan fingerprint density at radius 3 is 2.54 bits per heavy atom. The van der Waals surface area contributed by atoms with Gasteiger partial charge in [-0.05, 0) is 107 Å². The standard InChI is InChI=1S/C44H48F3N9O6S/c1-3-53(2)63-52-34-9-6-32(45)41(31(34)22-48)62-28-4-7-33-30(20-28)43(60)56(25-49-33)27-21-44(61-24-27)14-18-55(19-15-44)38(58)23-54-16-12-26(13-17-54)29-5-8-35(40(47)39(29)46)50-36-10-11-37(57)51-42(36)59/h4-9,20,25-27,36,50,52H,3,10-19,21,23-24H2,1-2H3,(H,51,57,59). The van der Waals surface area contributed by atoms with Gasteiger partial charge in [-0.3, -0.25) is 34.0 Å². The van der Waals surface area contributed by atoms with Crippen LogP contribution in [0.25, 0.3) is 10.9 Å². The lowest BCUT2D eigenvalue weighted by Gasteiger charge is -2.40. The quantitative estimate of drug-likeness (QED) is 0.115. The number of benzene rings is 3. The molecule has 3 amide bonds. The normalized spacial score (nSPS) is 20.6. The molecule has 4 aliphatic heterocycles. The molecule has 3 N–H and O–H groups in total. The first kappa shape index (κ1) is 43.9. The summed E-state index contributed by atoms with van der Waals surface area (Å²) in [6.07, 6.45) is 4.64. The molecule has 4 fully saturated rings. The Hall–Kier alpha value is -5.68. The van der Waals surface area contributed by atoms with Crippen molar-refractivity contribution < 1.29 is 37.0 Å². The number of fused-ring (bicyclic) bond motifs is 1. The first-order valence-electron chi connectivity index (χ1n) is 21.1. The minimum atomic E-state index is -1.06. The molecule has 0 bridgehead atoms. The molecule has 1 spiro atoms. The van der Waals surface area contributed by atoms with Crippen LogP contribution in [0.5, 0.6) is 11.5 Å². The largest absolute Gasteiger partial charge is 0.453 e. The van der Waals surface area contributed by atoms with Crippen molar-refractivity contribution >= 4 is 52.1 Å². The molecule has 332 valence electrons. The van der Waals surface area contributed by atoms with Gasteiger partial charge in [-0.1, -0.05) is 13.0 Å². The number of likely N-dealkylation sites (tertiary alicyclic amines) is 2. The van der Waals surface area contributed by atoms with Crippen molar-refractivity contribution in [2.75, 3.05) is 63.0 Å². The van der Waals surface area contributed by atoms with E-state index in [2.05, 4.69) is 20.3 Å². The van der Waals surface area contributed by atoms with Gasteiger partial charge in [0.1, 0.15) is 23.4 Å². The van der Waals surface area contributed by atoms with E-state index in [9.17, 15) is 24.4 Å². The molecule has 0 radical (unpaired) electrons. The molecule has 1 aromatic heterocycles. The molecule has 8 rings (SSSR count). The molecule has 15 nitrogen and oxygen atoms in total. The van der Waals surface area contributed by atoms with E-state index in [1.165, 1.54) is 42.7 Å². The number of nitrogens with one attached hydrogen (secondary N) is 3. The Labute approximate surface area is 366 Å². The molecule has 3 aromatic carbocycles. The van der Waals surface area contributed by atoms with Gasteiger partial charge in [-0.25, -0.2) is 22.5 Å². The lowest BCUT2D eigenvalue weighted by molar-refractivity contribution is -0.137. The van der Waals surface area contributed by atoms with Crippen molar-refractivity contribution in [3.8, 4) is 17.6 Å². The number of hydrogen-bond acceptors (Lipinski definition) is 13. The van der Waals surface area contributed by atoms with Gasteiger partial charge in [0.2, 0.25) is 17.7 Å². The minimum absolute atomic E-state index is 0.0142. The number of nitriles is 1. The van der Waals surface area contributed by atoms with Gasteiger partial charge in [0.25, 0.3) is 5.56 Å². The highest BCUT2D eigenvalue weighted by molar-refractivity contribution is 7.98. The van der Waals surface area contributed by atoms with Crippen molar-refractivity contribution in [3.05, 3.63) is 87.7 Å².